The fraction of sp³-hybridized carbons (Fsp3) is 0.429. The van der Waals surface area contributed by atoms with E-state index in [4.69, 9.17) is 11.6 Å². The number of benzene rings is 1. The molecule has 0 radical (unpaired) electrons. The summed E-state index contributed by atoms with van der Waals surface area (Å²) in [4.78, 5) is 25.8. The molecule has 4 nitrogen and oxygen atoms in total. The van der Waals surface area contributed by atoms with Crippen molar-refractivity contribution in [3.63, 3.8) is 0 Å². The van der Waals surface area contributed by atoms with Crippen LogP contribution in [0.2, 0.25) is 5.02 Å². The van der Waals surface area contributed by atoms with Crippen LogP contribution in [0.1, 0.15) is 26.7 Å². The van der Waals surface area contributed by atoms with E-state index in [-0.39, 0.29) is 23.4 Å². The van der Waals surface area contributed by atoms with Crippen molar-refractivity contribution in [3.05, 3.63) is 29.0 Å². The minimum atomic E-state index is -0.911. The predicted octanol–water partition coefficient (Wildman–Crippen LogP) is 2.50. The minimum absolute atomic E-state index is 0.0140. The molecule has 0 aromatic heterocycles. The van der Waals surface area contributed by atoms with E-state index in [0.29, 0.717) is 18.5 Å². The Morgan fingerprint density at radius 2 is 2.00 bits per heavy atom. The van der Waals surface area contributed by atoms with Crippen molar-refractivity contribution in [3.8, 4) is 0 Å². The highest BCUT2D eigenvalue weighted by molar-refractivity contribution is 6.30. The lowest BCUT2D eigenvalue weighted by Gasteiger charge is -2.41. The largest absolute Gasteiger partial charge is 0.340 e. The normalized spacial score (nSPS) is 18.1. The SMILES string of the molecule is CCC1(CC)NC(=O)CN(c2ccc(Cl)c(F)c2)C1=O. The first kappa shape index (κ1) is 14.8. The number of nitrogens with one attached hydrogen (secondary N) is 1. The first-order valence-electron chi connectivity index (χ1n) is 6.51. The van der Waals surface area contributed by atoms with Gasteiger partial charge in [-0.05, 0) is 31.0 Å². The van der Waals surface area contributed by atoms with E-state index in [2.05, 4.69) is 5.32 Å². The summed E-state index contributed by atoms with van der Waals surface area (Å²) in [5.41, 5.74) is -0.566. The Kier molecular flexibility index (Phi) is 3.99. The lowest BCUT2D eigenvalue weighted by molar-refractivity contribution is -0.136. The van der Waals surface area contributed by atoms with Crippen LogP contribution < -0.4 is 10.2 Å². The fourth-order valence-corrected chi connectivity index (χ4v) is 2.54. The lowest BCUT2D eigenvalue weighted by Crippen LogP contribution is -2.66. The molecule has 1 aliphatic rings. The van der Waals surface area contributed by atoms with Crippen molar-refractivity contribution in [2.45, 2.75) is 32.2 Å². The molecule has 0 unspecified atom stereocenters. The topological polar surface area (TPSA) is 49.4 Å². The van der Waals surface area contributed by atoms with Crippen LogP contribution in [0.3, 0.4) is 0 Å². The molecule has 108 valence electrons. The number of carbonyl (C=O) groups excluding carboxylic acids is 2. The second kappa shape index (κ2) is 5.40. The van der Waals surface area contributed by atoms with Gasteiger partial charge in [-0.3, -0.25) is 9.59 Å². The van der Waals surface area contributed by atoms with Gasteiger partial charge in [0.25, 0.3) is 5.91 Å². The Labute approximate surface area is 121 Å². The molecule has 1 N–H and O–H groups in total. The van der Waals surface area contributed by atoms with Crippen LogP contribution in [0, 0.1) is 5.82 Å². The predicted molar refractivity (Wildman–Crippen MR) is 75.2 cm³/mol. The van der Waals surface area contributed by atoms with Gasteiger partial charge in [0.05, 0.1) is 5.02 Å². The van der Waals surface area contributed by atoms with Crippen molar-refractivity contribution in [2.75, 3.05) is 11.4 Å². The molecule has 1 aromatic carbocycles. The van der Waals surface area contributed by atoms with Crippen molar-refractivity contribution in [1.29, 1.82) is 0 Å². The van der Waals surface area contributed by atoms with E-state index in [1.807, 2.05) is 13.8 Å². The van der Waals surface area contributed by atoms with Gasteiger partial charge in [0.2, 0.25) is 5.91 Å². The monoisotopic (exact) mass is 298 g/mol. The number of anilines is 1. The number of hydrogen-bond donors (Lipinski definition) is 1. The van der Waals surface area contributed by atoms with E-state index >= 15 is 0 Å². The highest BCUT2D eigenvalue weighted by atomic mass is 35.5. The summed E-state index contributed by atoms with van der Waals surface area (Å²) in [7, 11) is 0. The molecule has 1 heterocycles. The van der Waals surface area contributed by atoms with E-state index in [1.54, 1.807) is 0 Å². The number of carbonyl (C=O) groups is 2. The molecule has 20 heavy (non-hydrogen) atoms. The van der Waals surface area contributed by atoms with Gasteiger partial charge in [-0.15, -0.1) is 0 Å². The highest BCUT2D eigenvalue weighted by Crippen LogP contribution is 2.28. The molecule has 2 amide bonds. The summed E-state index contributed by atoms with van der Waals surface area (Å²) in [5.74, 6) is -1.07. The minimum Gasteiger partial charge on any atom is -0.340 e. The number of nitrogens with zero attached hydrogens (tertiary/aromatic N) is 1. The summed E-state index contributed by atoms with van der Waals surface area (Å²) < 4.78 is 13.5. The maximum Gasteiger partial charge on any atom is 0.253 e. The van der Waals surface area contributed by atoms with Gasteiger partial charge in [0, 0.05) is 5.69 Å². The van der Waals surface area contributed by atoms with Crippen LogP contribution in [0.25, 0.3) is 0 Å². The van der Waals surface area contributed by atoms with E-state index in [1.165, 1.54) is 23.1 Å². The summed E-state index contributed by atoms with van der Waals surface area (Å²) in [6.07, 6.45) is 0.974. The van der Waals surface area contributed by atoms with Gasteiger partial charge < -0.3 is 10.2 Å². The molecule has 6 heteroatoms. The third-order valence-electron chi connectivity index (χ3n) is 3.76. The lowest BCUT2D eigenvalue weighted by atomic mass is 9.88. The summed E-state index contributed by atoms with van der Waals surface area (Å²) >= 11 is 5.64. The number of amides is 2. The molecule has 1 saturated heterocycles. The van der Waals surface area contributed by atoms with Crippen LogP contribution in [-0.4, -0.2) is 23.9 Å². The third kappa shape index (κ3) is 2.38. The Bertz CT molecular complexity index is 558. The molecular weight excluding hydrogens is 283 g/mol. The van der Waals surface area contributed by atoms with Gasteiger partial charge in [-0.25, -0.2) is 4.39 Å². The zero-order valence-electron chi connectivity index (χ0n) is 11.4. The number of halogens is 2. The average Bonchev–Trinajstić information content (AvgIpc) is 2.44. The second-order valence-electron chi connectivity index (χ2n) is 4.83. The number of piperazine rings is 1. The fourth-order valence-electron chi connectivity index (χ4n) is 2.42. The summed E-state index contributed by atoms with van der Waals surface area (Å²) in [6.45, 7) is 3.57. The van der Waals surface area contributed by atoms with Crippen LogP contribution in [0.5, 0.6) is 0 Å². The van der Waals surface area contributed by atoms with Gasteiger partial charge in [0.1, 0.15) is 17.9 Å². The Hall–Kier alpha value is -1.62. The van der Waals surface area contributed by atoms with E-state index in [0.717, 1.165) is 0 Å². The van der Waals surface area contributed by atoms with Crippen molar-refractivity contribution < 1.29 is 14.0 Å². The second-order valence-corrected chi connectivity index (χ2v) is 5.23. The smallest absolute Gasteiger partial charge is 0.253 e. The summed E-state index contributed by atoms with van der Waals surface area (Å²) in [6, 6.07) is 4.10. The molecule has 0 saturated carbocycles. The maximum atomic E-state index is 13.5. The van der Waals surface area contributed by atoms with Crippen LogP contribution in [0.15, 0.2) is 18.2 Å². The molecule has 0 atom stereocenters. The van der Waals surface area contributed by atoms with Crippen LogP contribution in [-0.2, 0) is 9.59 Å². The van der Waals surface area contributed by atoms with Crippen LogP contribution >= 0.6 is 11.6 Å². The van der Waals surface area contributed by atoms with E-state index in [9.17, 15) is 14.0 Å². The van der Waals surface area contributed by atoms with Gasteiger partial charge in [-0.2, -0.15) is 0 Å². The van der Waals surface area contributed by atoms with Crippen molar-refractivity contribution in [1.82, 2.24) is 5.32 Å². The Balaban J connectivity index is 2.42. The molecule has 0 aliphatic carbocycles. The molecular formula is C14H16ClFN2O2. The quantitative estimate of drug-likeness (QED) is 0.932. The van der Waals surface area contributed by atoms with E-state index < -0.39 is 11.4 Å². The molecule has 2 rings (SSSR count). The first-order valence-corrected chi connectivity index (χ1v) is 6.89. The Morgan fingerprint density at radius 3 is 2.55 bits per heavy atom. The zero-order valence-corrected chi connectivity index (χ0v) is 12.1. The number of rotatable bonds is 3. The molecule has 1 fully saturated rings. The highest BCUT2D eigenvalue weighted by Gasteiger charge is 2.44. The van der Waals surface area contributed by atoms with Crippen LogP contribution in [0.4, 0.5) is 10.1 Å². The van der Waals surface area contributed by atoms with Crippen molar-refractivity contribution in [2.24, 2.45) is 0 Å². The van der Waals surface area contributed by atoms with Gasteiger partial charge >= 0.3 is 0 Å². The molecule has 1 aliphatic heterocycles. The zero-order chi connectivity index (χ0) is 14.9. The molecule has 1 aromatic rings. The van der Waals surface area contributed by atoms with Gasteiger partial charge in [0.15, 0.2) is 0 Å². The molecule has 0 spiro atoms. The standard InChI is InChI=1S/C14H16ClFN2O2/c1-3-14(4-2)13(20)18(8-12(19)17-14)9-5-6-10(15)11(16)7-9/h5-7H,3-4,8H2,1-2H3,(H,17,19). The molecule has 0 bridgehead atoms. The van der Waals surface area contributed by atoms with Gasteiger partial charge in [-0.1, -0.05) is 25.4 Å². The number of hydrogen-bond acceptors (Lipinski definition) is 2. The first-order chi connectivity index (χ1) is 9.43. The maximum absolute atomic E-state index is 13.5. The summed E-state index contributed by atoms with van der Waals surface area (Å²) in [5, 5.41) is 2.74. The Morgan fingerprint density at radius 1 is 1.35 bits per heavy atom. The average molecular weight is 299 g/mol. The van der Waals surface area contributed by atoms with Crippen molar-refractivity contribution >= 4 is 29.1 Å². The third-order valence-corrected chi connectivity index (χ3v) is 4.06.